The van der Waals surface area contributed by atoms with Crippen molar-refractivity contribution < 1.29 is 4.79 Å². The number of carbonyl (C=O) groups excluding carboxylic acids is 1. The van der Waals surface area contributed by atoms with Crippen LogP contribution in [0, 0.1) is 6.92 Å². The summed E-state index contributed by atoms with van der Waals surface area (Å²) in [5, 5.41) is 11.7. The first kappa shape index (κ1) is 18.1. The molecule has 1 aliphatic heterocycles. The Kier molecular flexibility index (Phi) is 5.35. The van der Waals surface area contributed by atoms with Gasteiger partial charge in [-0.2, -0.15) is 10.1 Å². The fourth-order valence-corrected chi connectivity index (χ4v) is 3.18. The minimum absolute atomic E-state index is 0.111. The SMILES string of the molecule is CC(=O)N1CCN(c2nncc(Nc3c(C)cccc3C(C)C)n2)CC1. The monoisotopic (exact) mass is 354 g/mol. The predicted octanol–water partition coefficient (Wildman–Crippen LogP) is 2.72. The first-order valence-corrected chi connectivity index (χ1v) is 9.02. The summed E-state index contributed by atoms with van der Waals surface area (Å²) >= 11 is 0. The Bertz CT molecular complexity index is 783. The zero-order chi connectivity index (χ0) is 18.7. The number of carbonyl (C=O) groups is 1. The number of aromatic nitrogens is 3. The van der Waals surface area contributed by atoms with E-state index in [4.69, 9.17) is 0 Å². The molecule has 0 unspecified atom stereocenters. The lowest BCUT2D eigenvalue weighted by atomic mass is 9.98. The van der Waals surface area contributed by atoms with Gasteiger partial charge in [-0.15, -0.1) is 5.10 Å². The van der Waals surface area contributed by atoms with Gasteiger partial charge in [-0.05, 0) is 24.0 Å². The summed E-state index contributed by atoms with van der Waals surface area (Å²) in [6.07, 6.45) is 1.64. The molecule has 0 bridgehead atoms. The molecule has 3 rings (SSSR count). The van der Waals surface area contributed by atoms with Gasteiger partial charge in [-0.1, -0.05) is 32.0 Å². The highest BCUT2D eigenvalue weighted by Gasteiger charge is 2.21. The van der Waals surface area contributed by atoms with Gasteiger partial charge in [-0.3, -0.25) is 4.79 Å². The van der Waals surface area contributed by atoms with Crippen LogP contribution >= 0.6 is 0 Å². The number of hydrogen-bond acceptors (Lipinski definition) is 6. The largest absolute Gasteiger partial charge is 0.339 e. The maximum atomic E-state index is 11.5. The van der Waals surface area contributed by atoms with Crippen LogP contribution in [0.4, 0.5) is 17.5 Å². The Morgan fingerprint density at radius 1 is 1.19 bits per heavy atom. The van der Waals surface area contributed by atoms with Crippen molar-refractivity contribution in [3.8, 4) is 0 Å². The molecule has 0 saturated carbocycles. The van der Waals surface area contributed by atoms with Crippen LogP contribution in [-0.4, -0.2) is 52.2 Å². The minimum atomic E-state index is 0.111. The maximum absolute atomic E-state index is 11.5. The zero-order valence-electron chi connectivity index (χ0n) is 15.9. The molecule has 0 spiro atoms. The first-order valence-electron chi connectivity index (χ1n) is 9.02. The fraction of sp³-hybridized carbons (Fsp3) is 0.474. The number of rotatable bonds is 4. The second-order valence-electron chi connectivity index (χ2n) is 6.95. The fourth-order valence-electron chi connectivity index (χ4n) is 3.18. The number of nitrogens with zero attached hydrogens (tertiary/aromatic N) is 5. The number of hydrogen-bond donors (Lipinski definition) is 1. The molecule has 0 atom stereocenters. The Morgan fingerprint density at radius 2 is 1.92 bits per heavy atom. The molecule has 7 heteroatoms. The quantitative estimate of drug-likeness (QED) is 0.910. The van der Waals surface area contributed by atoms with E-state index in [-0.39, 0.29) is 5.91 Å². The van der Waals surface area contributed by atoms with Gasteiger partial charge in [0.05, 0.1) is 6.20 Å². The zero-order valence-corrected chi connectivity index (χ0v) is 15.9. The van der Waals surface area contributed by atoms with Crippen molar-refractivity contribution in [2.45, 2.75) is 33.6 Å². The van der Waals surface area contributed by atoms with E-state index in [0.717, 1.165) is 5.69 Å². The minimum Gasteiger partial charge on any atom is -0.339 e. The average molecular weight is 354 g/mol. The predicted molar refractivity (Wildman–Crippen MR) is 103 cm³/mol. The smallest absolute Gasteiger partial charge is 0.247 e. The van der Waals surface area contributed by atoms with Gasteiger partial charge >= 0.3 is 0 Å². The number of aryl methyl sites for hydroxylation is 1. The molecule has 0 aliphatic carbocycles. The Labute approximate surface area is 154 Å². The molecule has 26 heavy (non-hydrogen) atoms. The number of amides is 1. The highest BCUT2D eigenvalue weighted by molar-refractivity contribution is 5.73. The van der Waals surface area contributed by atoms with Gasteiger partial charge in [-0.25, -0.2) is 0 Å². The van der Waals surface area contributed by atoms with Crippen molar-refractivity contribution in [2.24, 2.45) is 0 Å². The summed E-state index contributed by atoms with van der Waals surface area (Å²) in [6, 6.07) is 6.30. The lowest BCUT2D eigenvalue weighted by molar-refractivity contribution is -0.129. The van der Waals surface area contributed by atoms with Crippen LogP contribution in [0.5, 0.6) is 0 Å². The molecule has 138 valence electrons. The highest BCUT2D eigenvalue weighted by Crippen LogP contribution is 2.29. The van der Waals surface area contributed by atoms with Crippen LogP contribution in [-0.2, 0) is 4.79 Å². The highest BCUT2D eigenvalue weighted by atomic mass is 16.2. The Hall–Kier alpha value is -2.70. The molecule has 7 nitrogen and oxygen atoms in total. The molecule has 1 aromatic heterocycles. The topological polar surface area (TPSA) is 74.2 Å². The number of anilines is 3. The number of para-hydroxylation sites is 1. The number of benzene rings is 1. The second-order valence-corrected chi connectivity index (χ2v) is 6.95. The summed E-state index contributed by atoms with van der Waals surface area (Å²) in [6.45, 7) is 10.9. The molecule has 2 aromatic rings. The van der Waals surface area contributed by atoms with Crippen LogP contribution in [0.15, 0.2) is 24.4 Å². The lowest BCUT2D eigenvalue weighted by Crippen LogP contribution is -2.48. The summed E-state index contributed by atoms with van der Waals surface area (Å²) in [5.41, 5.74) is 3.50. The number of nitrogens with one attached hydrogen (secondary N) is 1. The molecule has 1 aliphatic rings. The number of piperazine rings is 1. The standard InChI is InChI=1S/C19H26N6O/c1-13(2)16-7-5-6-14(3)18(16)21-17-12-20-23-19(22-17)25-10-8-24(9-11-25)15(4)26/h5-7,12-13H,8-11H2,1-4H3,(H,21,22,23). The van der Waals surface area contributed by atoms with Gasteiger partial charge < -0.3 is 15.1 Å². The Morgan fingerprint density at radius 3 is 2.58 bits per heavy atom. The van der Waals surface area contributed by atoms with Gasteiger partial charge in [0.1, 0.15) is 0 Å². The van der Waals surface area contributed by atoms with Crippen molar-refractivity contribution in [1.29, 1.82) is 0 Å². The van der Waals surface area contributed by atoms with Crippen LogP contribution < -0.4 is 10.2 Å². The third-order valence-corrected chi connectivity index (χ3v) is 4.74. The van der Waals surface area contributed by atoms with E-state index in [0.29, 0.717) is 43.9 Å². The van der Waals surface area contributed by atoms with E-state index in [1.54, 1.807) is 13.1 Å². The molecule has 1 fully saturated rings. The molecule has 2 heterocycles. The molecule has 0 radical (unpaired) electrons. The molecule has 1 saturated heterocycles. The van der Waals surface area contributed by atoms with E-state index < -0.39 is 0 Å². The average Bonchev–Trinajstić information content (AvgIpc) is 2.63. The summed E-state index contributed by atoms with van der Waals surface area (Å²) in [5.74, 6) is 1.80. The molecular formula is C19H26N6O. The van der Waals surface area contributed by atoms with Crippen molar-refractivity contribution >= 4 is 23.4 Å². The van der Waals surface area contributed by atoms with E-state index >= 15 is 0 Å². The lowest BCUT2D eigenvalue weighted by Gasteiger charge is -2.33. The third-order valence-electron chi connectivity index (χ3n) is 4.74. The van der Waals surface area contributed by atoms with Crippen LogP contribution in [0.2, 0.25) is 0 Å². The van der Waals surface area contributed by atoms with Crippen molar-refractivity contribution in [2.75, 3.05) is 36.4 Å². The molecule has 1 N–H and O–H groups in total. The maximum Gasteiger partial charge on any atom is 0.247 e. The summed E-state index contributed by atoms with van der Waals surface area (Å²) in [4.78, 5) is 20.0. The first-order chi connectivity index (χ1) is 12.5. The van der Waals surface area contributed by atoms with Gasteiger partial charge in [0, 0.05) is 38.8 Å². The van der Waals surface area contributed by atoms with Crippen molar-refractivity contribution in [3.05, 3.63) is 35.5 Å². The van der Waals surface area contributed by atoms with E-state index in [1.807, 2.05) is 4.90 Å². The normalized spacial score (nSPS) is 14.7. The summed E-state index contributed by atoms with van der Waals surface area (Å²) < 4.78 is 0. The van der Waals surface area contributed by atoms with Gasteiger partial charge in [0.25, 0.3) is 0 Å². The Balaban J connectivity index is 1.78. The van der Waals surface area contributed by atoms with Crippen LogP contribution in [0.3, 0.4) is 0 Å². The third kappa shape index (κ3) is 3.92. The van der Waals surface area contributed by atoms with E-state index in [1.165, 1.54) is 11.1 Å². The van der Waals surface area contributed by atoms with Gasteiger partial charge in [0.2, 0.25) is 11.9 Å². The van der Waals surface area contributed by atoms with Crippen LogP contribution in [0.25, 0.3) is 0 Å². The van der Waals surface area contributed by atoms with Crippen LogP contribution in [0.1, 0.15) is 37.8 Å². The van der Waals surface area contributed by atoms with Crippen molar-refractivity contribution in [3.63, 3.8) is 0 Å². The second kappa shape index (κ2) is 7.68. The van der Waals surface area contributed by atoms with E-state index in [2.05, 4.69) is 64.4 Å². The van der Waals surface area contributed by atoms with E-state index in [9.17, 15) is 4.79 Å². The molecular weight excluding hydrogens is 328 g/mol. The van der Waals surface area contributed by atoms with Crippen molar-refractivity contribution in [1.82, 2.24) is 20.1 Å². The molecule has 1 aromatic carbocycles. The van der Waals surface area contributed by atoms with Gasteiger partial charge in [0.15, 0.2) is 5.82 Å². The summed E-state index contributed by atoms with van der Waals surface area (Å²) in [7, 11) is 0. The molecule has 1 amide bonds.